The second-order valence-electron chi connectivity index (χ2n) is 9.57. The number of carbonyl (C=O) groups is 1. The van der Waals surface area contributed by atoms with Crippen LogP contribution in [0.4, 0.5) is 0 Å². The van der Waals surface area contributed by atoms with Gasteiger partial charge in [-0.2, -0.15) is 0 Å². The summed E-state index contributed by atoms with van der Waals surface area (Å²) in [5.41, 5.74) is 1.93. The number of hydrogen-bond donors (Lipinski definition) is 4. The summed E-state index contributed by atoms with van der Waals surface area (Å²) in [6.07, 6.45) is 3.87. The van der Waals surface area contributed by atoms with Crippen LogP contribution in [0.2, 0.25) is 0 Å². The van der Waals surface area contributed by atoms with Gasteiger partial charge in [0.1, 0.15) is 17.3 Å². The molecule has 6 heteroatoms. The molecule has 1 heterocycles. The van der Waals surface area contributed by atoms with E-state index in [1.165, 1.54) is 5.57 Å². The lowest BCUT2D eigenvalue weighted by Gasteiger charge is -2.49. The van der Waals surface area contributed by atoms with Gasteiger partial charge in [-0.15, -0.1) is 0 Å². The zero-order valence-corrected chi connectivity index (χ0v) is 17.9. The van der Waals surface area contributed by atoms with Crippen molar-refractivity contribution in [2.24, 2.45) is 11.3 Å². The Morgan fingerprint density at radius 1 is 1.30 bits per heavy atom. The smallest absolute Gasteiger partial charge is 0.314 e. The molecule has 3 unspecified atom stereocenters. The molecule has 30 heavy (non-hydrogen) atoms. The van der Waals surface area contributed by atoms with Gasteiger partial charge in [-0.3, -0.25) is 4.79 Å². The van der Waals surface area contributed by atoms with Gasteiger partial charge in [0.05, 0.1) is 6.10 Å². The van der Waals surface area contributed by atoms with E-state index >= 15 is 0 Å². The van der Waals surface area contributed by atoms with Crippen molar-refractivity contribution in [1.82, 2.24) is 5.32 Å². The minimum Gasteiger partial charge on any atom is -0.508 e. The number of nitrogens with one attached hydrogen (secondary N) is 1. The molecule has 6 nitrogen and oxygen atoms in total. The lowest BCUT2D eigenvalue weighted by molar-refractivity contribution is -0.143. The average molecular weight is 416 g/mol. The zero-order chi connectivity index (χ0) is 21.5. The molecule has 1 aromatic carbocycles. The van der Waals surface area contributed by atoms with Crippen LogP contribution in [0, 0.1) is 11.3 Å². The summed E-state index contributed by atoms with van der Waals surface area (Å²) < 4.78 is 5.78. The highest BCUT2D eigenvalue weighted by atomic mass is 16.6. The number of aliphatic hydroxyl groups excluding tert-OH is 1. The molecular formula is C24H33NO5. The van der Waals surface area contributed by atoms with Gasteiger partial charge in [0.2, 0.25) is 0 Å². The van der Waals surface area contributed by atoms with Gasteiger partial charge in [-0.25, -0.2) is 0 Å². The molecule has 5 atom stereocenters. The van der Waals surface area contributed by atoms with E-state index < -0.39 is 23.7 Å². The predicted molar refractivity (Wildman–Crippen MR) is 113 cm³/mol. The first kappa shape index (κ1) is 21.3. The van der Waals surface area contributed by atoms with E-state index in [1.807, 2.05) is 0 Å². The summed E-state index contributed by atoms with van der Waals surface area (Å²) in [6.45, 7) is 5.16. The summed E-state index contributed by atoms with van der Waals surface area (Å²) in [5, 5.41) is 34.6. The molecule has 0 spiro atoms. The summed E-state index contributed by atoms with van der Waals surface area (Å²) in [6, 6.07) is 6.58. The van der Waals surface area contributed by atoms with E-state index in [9.17, 15) is 20.1 Å². The van der Waals surface area contributed by atoms with Crippen LogP contribution in [0.5, 0.6) is 5.75 Å². The summed E-state index contributed by atoms with van der Waals surface area (Å²) >= 11 is 0. The molecule has 2 fully saturated rings. The second kappa shape index (κ2) is 7.98. The first-order chi connectivity index (χ1) is 14.2. The van der Waals surface area contributed by atoms with Crippen LogP contribution in [0.15, 0.2) is 35.4 Å². The van der Waals surface area contributed by atoms with Crippen molar-refractivity contribution in [3.63, 3.8) is 0 Å². The first-order valence-electron chi connectivity index (χ1n) is 11.1. The maximum Gasteiger partial charge on any atom is 0.314 e. The van der Waals surface area contributed by atoms with E-state index in [1.54, 1.807) is 24.3 Å². The highest BCUT2D eigenvalue weighted by Crippen LogP contribution is 2.56. The van der Waals surface area contributed by atoms with Crippen LogP contribution < -0.4 is 5.32 Å². The molecule has 2 aliphatic carbocycles. The van der Waals surface area contributed by atoms with Gasteiger partial charge in [-0.05, 0) is 80.7 Å². The molecule has 0 amide bonds. The number of allylic oxidation sites excluding steroid dienone is 1. The number of hydrogen-bond acceptors (Lipinski definition) is 6. The van der Waals surface area contributed by atoms with Crippen LogP contribution in [0.25, 0.3) is 0 Å². The second-order valence-corrected chi connectivity index (χ2v) is 9.57. The van der Waals surface area contributed by atoms with E-state index in [2.05, 4.69) is 19.2 Å². The highest BCUT2D eigenvalue weighted by Gasteiger charge is 2.62. The number of ether oxygens (including phenoxy) is 1. The molecule has 0 bridgehead atoms. The number of phenols is 1. The molecule has 1 aromatic rings. The van der Waals surface area contributed by atoms with E-state index in [0.29, 0.717) is 31.5 Å². The van der Waals surface area contributed by atoms with Crippen molar-refractivity contribution in [3.05, 3.63) is 41.0 Å². The van der Waals surface area contributed by atoms with Gasteiger partial charge >= 0.3 is 5.97 Å². The lowest BCUT2D eigenvalue weighted by Crippen LogP contribution is -2.55. The SMILES string of the molecule is CC1=C2[C@@H]3OC(=O)C(CNCCC(O)c4cccc(O)c4)C3(O)CC[C@@]2(C)CCC1. The van der Waals surface area contributed by atoms with Crippen LogP contribution in [-0.4, -0.2) is 46.1 Å². The number of carbonyl (C=O) groups excluding carboxylic acids is 1. The van der Waals surface area contributed by atoms with Gasteiger partial charge in [0.25, 0.3) is 0 Å². The van der Waals surface area contributed by atoms with E-state index in [-0.39, 0.29) is 17.1 Å². The van der Waals surface area contributed by atoms with Crippen molar-refractivity contribution >= 4 is 5.97 Å². The van der Waals surface area contributed by atoms with Crippen molar-refractivity contribution in [2.75, 3.05) is 13.1 Å². The summed E-state index contributed by atoms with van der Waals surface area (Å²) in [5.74, 6) is -0.816. The Morgan fingerprint density at radius 2 is 2.10 bits per heavy atom. The molecule has 0 aromatic heterocycles. The molecule has 0 radical (unpaired) electrons. The fourth-order valence-electron chi connectivity index (χ4n) is 5.75. The number of aromatic hydroxyl groups is 1. The van der Waals surface area contributed by atoms with Gasteiger partial charge < -0.3 is 25.4 Å². The zero-order valence-electron chi connectivity index (χ0n) is 17.9. The minimum absolute atomic E-state index is 0.0210. The third-order valence-electron chi connectivity index (χ3n) is 7.50. The van der Waals surface area contributed by atoms with Crippen molar-refractivity contribution in [3.8, 4) is 5.75 Å². The molecule has 4 rings (SSSR count). The Balaban J connectivity index is 1.39. The lowest BCUT2D eigenvalue weighted by atomic mass is 9.58. The Bertz CT molecular complexity index is 852. The van der Waals surface area contributed by atoms with Crippen molar-refractivity contribution < 1.29 is 24.9 Å². The minimum atomic E-state index is -1.17. The summed E-state index contributed by atoms with van der Waals surface area (Å²) in [4.78, 5) is 12.7. The van der Waals surface area contributed by atoms with Gasteiger partial charge in [-0.1, -0.05) is 24.6 Å². The molecule has 1 saturated heterocycles. The average Bonchev–Trinajstić information content (AvgIpc) is 2.95. The Morgan fingerprint density at radius 3 is 2.87 bits per heavy atom. The number of esters is 1. The third-order valence-corrected chi connectivity index (χ3v) is 7.50. The molecule has 164 valence electrons. The fraction of sp³-hybridized carbons (Fsp3) is 0.625. The van der Waals surface area contributed by atoms with Crippen LogP contribution >= 0.6 is 0 Å². The molecule has 1 aliphatic heterocycles. The number of aliphatic hydroxyl groups is 2. The maximum atomic E-state index is 12.7. The Kier molecular flexibility index (Phi) is 5.68. The Labute approximate surface area is 178 Å². The number of rotatable bonds is 6. The molecule has 3 aliphatic rings. The predicted octanol–water partition coefficient (Wildman–Crippen LogP) is 2.98. The Hall–Kier alpha value is -1.89. The van der Waals surface area contributed by atoms with Crippen LogP contribution in [-0.2, 0) is 9.53 Å². The third kappa shape index (κ3) is 3.66. The standard InChI is InChI=1S/C24H33NO5/c1-15-5-4-9-23(2)10-11-24(29)18(22(28)30-21(24)20(15)23)14-25-12-8-19(27)16-6-3-7-17(26)13-16/h3,6-7,13,18-19,21,25-27,29H,4-5,8-12,14H2,1-2H3/t18?,19?,21-,23+,24?/m0/s1. The highest BCUT2D eigenvalue weighted by molar-refractivity contribution is 5.78. The van der Waals surface area contributed by atoms with Crippen LogP contribution in [0.1, 0.15) is 64.0 Å². The normalized spacial score (nSPS) is 34.3. The monoisotopic (exact) mass is 415 g/mol. The number of fused-ring (bicyclic) bond motifs is 3. The molecule has 1 saturated carbocycles. The van der Waals surface area contributed by atoms with Crippen LogP contribution in [0.3, 0.4) is 0 Å². The van der Waals surface area contributed by atoms with E-state index in [4.69, 9.17) is 4.74 Å². The fourth-order valence-corrected chi connectivity index (χ4v) is 5.75. The number of phenolic OH excluding ortho intramolecular Hbond substituents is 1. The first-order valence-corrected chi connectivity index (χ1v) is 11.1. The topological polar surface area (TPSA) is 99.0 Å². The maximum absolute atomic E-state index is 12.7. The van der Waals surface area contributed by atoms with Gasteiger partial charge in [0, 0.05) is 6.54 Å². The number of benzene rings is 1. The van der Waals surface area contributed by atoms with Crippen molar-refractivity contribution in [2.45, 2.75) is 70.2 Å². The quantitative estimate of drug-likeness (QED) is 0.324. The summed E-state index contributed by atoms with van der Waals surface area (Å²) in [7, 11) is 0. The van der Waals surface area contributed by atoms with E-state index in [0.717, 1.165) is 31.3 Å². The molecule has 4 N–H and O–H groups in total. The molecular weight excluding hydrogens is 382 g/mol. The largest absolute Gasteiger partial charge is 0.508 e. The van der Waals surface area contributed by atoms with Crippen molar-refractivity contribution in [1.29, 1.82) is 0 Å². The van der Waals surface area contributed by atoms with Gasteiger partial charge in [0.15, 0.2) is 6.10 Å².